The largest absolute Gasteiger partial charge is 0.423 e. The van der Waals surface area contributed by atoms with Crippen molar-refractivity contribution in [2.45, 2.75) is 6.42 Å². The van der Waals surface area contributed by atoms with Gasteiger partial charge in [0.25, 0.3) is 0 Å². The fourth-order valence-corrected chi connectivity index (χ4v) is 2.36. The number of nitrogens with zero attached hydrogens (tertiary/aromatic N) is 1. The smallest absolute Gasteiger partial charge is 0.344 e. The molecule has 0 atom stereocenters. The van der Waals surface area contributed by atoms with E-state index >= 15 is 0 Å². The van der Waals surface area contributed by atoms with Crippen LogP contribution in [-0.4, -0.2) is 18.0 Å². The second kappa shape index (κ2) is 7.69. The summed E-state index contributed by atoms with van der Waals surface area (Å²) in [5.74, 6) is 4.81. The third-order valence-corrected chi connectivity index (χ3v) is 3.80. The topological polar surface area (TPSA) is 81.8 Å². The van der Waals surface area contributed by atoms with Crippen LogP contribution in [0.5, 0.6) is 5.75 Å². The first-order valence-corrected chi connectivity index (χ1v) is 7.51. The van der Waals surface area contributed by atoms with Crippen molar-refractivity contribution in [2.75, 3.05) is 0 Å². The molecule has 0 aromatic heterocycles. The molecular weight excluding hydrogens is 395 g/mol. The van der Waals surface area contributed by atoms with Gasteiger partial charge in [-0.2, -0.15) is 5.10 Å². The van der Waals surface area contributed by atoms with Gasteiger partial charge in [0.2, 0.25) is 0 Å². The first-order valence-electron chi connectivity index (χ1n) is 6.43. The summed E-state index contributed by atoms with van der Waals surface area (Å²) in [6, 6.07) is 13.5. The Bertz CT molecular complexity index is 712. The third kappa shape index (κ3) is 4.14. The average Bonchev–Trinajstić information content (AvgIpc) is 2.53. The van der Waals surface area contributed by atoms with Crippen LogP contribution >= 0.6 is 22.6 Å². The number of esters is 1. The van der Waals surface area contributed by atoms with Gasteiger partial charge in [-0.15, -0.1) is 0 Å². The molecular formula is C16H13IN2O3. The van der Waals surface area contributed by atoms with Gasteiger partial charge < -0.3 is 10.6 Å². The number of halogens is 1. The number of nitrogens with two attached hydrogens (primary N) is 1. The highest BCUT2D eigenvalue weighted by atomic mass is 127. The highest BCUT2D eigenvalue weighted by molar-refractivity contribution is 14.1. The summed E-state index contributed by atoms with van der Waals surface area (Å²) in [5.41, 5.74) is 1.01. The van der Waals surface area contributed by atoms with Crippen molar-refractivity contribution in [1.82, 2.24) is 0 Å². The zero-order valence-electron chi connectivity index (χ0n) is 11.5. The van der Waals surface area contributed by atoms with E-state index < -0.39 is 5.97 Å². The minimum atomic E-state index is -0.431. The van der Waals surface area contributed by atoms with Crippen LogP contribution in [0.4, 0.5) is 0 Å². The number of hydrogen-bond donors (Lipinski definition) is 1. The molecule has 0 radical (unpaired) electrons. The molecule has 0 saturated carbocycles. The predicted molar refractivity (Wildman–Crippen MR) is 92.2 cm³/mol. The normalized spacial score (nSPS) is 10.6. The van der Waals surface area contributed by atoms with E-state index in [1.807, 2.05) is 12.1 Å². The van der Waals surface area contributed by atoms with Gasteiger partial charge in [-0.3, -0.25) is 4.79 Å². The minimum Gasteiger partial charge on any atom is -0.423 e. The van der Waals surface area contributed by atoms with Gasteiger partial charge in [0.05, 0.1) is 5.56 Å². The second-order valence-electron chi connectivity index (χ2n) is 4.35. The number of Topliss-reactive ketones (excluding diaryl/α,β-unsaturated/α-hetero) is 1. The molecule has 0 saturated heterocycles. The van der Waals surface area contributed by atoms with E-state index in [0.717, 1.165) is 3.57 Å². The zero-order valence-corrected chi connectivity index (χ0v) is 13.7. The van der Waals surface area contributed by atoms with E-state index in [4.69, 9.17) is 10.6 Å². The van der Waals surface area contributed by atoms with Crippen molar-refractivity contribution >= 4 is 40.6 Å². The monoisotopic (exact) mass is 408 g/mol. The summed E-state index contributed by atoms with van der Waals surface area (Å²) in [7, 11) is 0. The summed E-state index contributed by atoms with van der Waals surface area (Å²) in [4.78, 5) is 23.8. The van der Waals surface area contributed by atoms with Crippen molar-refractivity contribution in [3.63, 3.8) is 0 Å². The van der Waals surface area contributed by atoms with Crippen LogP contribution in [0.3, 0.4) is 0 Å². The summed E-state index contributed by atoms with van der Waals surface area (Å²) < 4.78 is 6.11. The van der Waals surface area contributed by atoms with Crippen LogP contribution in [-0.2, 0) is 0 Å². The molecule has 0 amide bonds. The molecule has 0 spiro atoms. The molecule has 0 fully saturated rings. The van der Waals surface area contributed by atoms with Crippen LogP contribution < -0.4 is 10.6 Å². The maximum Gasteiger partial charge on any atom is 0.344 e. The van der Waals surface area contributed by atoms with Crippen LogP contribution in [0.2, 0.25) is 0 Å². The van der Waals surface area contributed by atoms with Crippen molar-refractivity contribution in [1.29, 1.82) is 0 Å². The third-order valence-electron chi connectivity index (χ3n) is 2.86. The molecule has 0 aliphatic rings. The van der Waals surface area contributed by atoms with E-state index in [1.165, 1.54) is 6.21 Å². The Morgan fingerprint density at radius 2 is 1.82 bits per heavy atom. The number of carbonyl (C=O) groups excluding carboxylic acids is 2. The van der Waals surface area contributed by atoms with Crippen molar-refractivity contribution < 1.29 is 14.3 Å². The fourth-order valence-electron chi connectivity index (χ4n) is 1.75. The van der Waals surface area contributed by atoms with Gasteiger partial charge in [0.15, 0.2) is 5.78 Å². The number of hydrogen-bond acceptors (Lipinski definition) is 5. The van der Waals surface area contributed by atoms with E-state index in [0.29, 0.717) is 16.9 Å². The minimum absolute atomic E-state index is 0.107. The first-order chi connectivity index (χ1) is 10.6. The van der Waals surface area contributed by atoms with Gasteiger partial charge >= 0.3 is 5.97 Å². The quantitative estimate of drug-likeness (QED) is 0.157. The fraction of sp³-hybridized carbons (Fsp3) is 0.0625. The Labute approximate surface area is 141 Å². The summed E-state index contributed by atoms with van der Waals surface area (Å²) >= 11 is 2.08. The summed E-state index contributed by atoms with van der Waals surface area (Å²) in [5, 5.41) is 3.28. The van der Waals surface area contributed by atoms with E-state index in [2.05, 4.69) is 27.7 Å². The molecule has 0 aliphatic heterocycles. The van der Waals surface area contributed by atoms with Crippen LogP contribution in [0.1, 0.15) is 27.1 Å². The Hall–Kier alpha value is -2.22. The lowest BCUT2D eigenvalue weighted by molar-refractivity contribution is 0.0733. The van der Waals surface area contributed by atoms with Gasteiger partial charge in [0.1, 0.15) is 5.75 Å². The van der Waals surface area contributed by atoms with Gasteiger partial charge in [-0.25, -0.2) is 4.79 Å². The summed E-state index contributed by atoms with van der Waals surface area (Å²) in [6.07, 6.45) is 1.48. The first kappa shape index (κ1) is 16.2. The van der Waals surface area contributed by atoms with Crippen molar-refractivity contribution in [2.24, 2.45) is 10.9 Å². The van der Waals surface area contributed by atoms with E-state index in [1.54, 1.807) is 36.4 Å². The molecule has 2 N–H and O–H groups in total. The predicted octanol–water partition coefficient (Wildman–Crippen LogP) is 3.03. The standard InChI is InChI=1S/C16H13IN2O3/c17-14-4-2-1-3-13(14)16(21)22-12-7-5-11(6-8-12)15(20)9-10-19-18/h1-8,10H,9,18H2/b19-10+. The molecule has 2 aromatic rings. The Kier molecular flexibility index (Phi) is 5.65. The van der Waals surface area contributed by atoms with Crippen molar-refractivity contribution in [3.05, 3.63) is 63.2 Å². The molecule has 6 heteroatoms. The number of carbonyl (C=O) groups is 2. The molecule has 22 heavy (non-hydrogen) atoms. The second-order valence-corrected chi connectivity index (χ2v) is 5.51. The lowest BCUT2D eigenvalue weighted by Crippen LogP contribution is -2.10. The van der Waals surface area contributed by atoms with Crippen LogP contribution in [0, 0.1) is 3.57 Å². The molecule has 5 nitrogen and oxygen atoms in total. The van der Waals surface area contributed by atoms with Crippen molar-refractivity contribution in [3.8, 4) is 5.75 Å². The zero-order chi connectivity index (χ0) is 15.9. The highest BCUT2D eigenvalue weighted by Crippen LogP contribution is 2.17. The van der Waals surface area contributed by atoms with Crippen LogP contribution in [0.25, 0.3) is 0 Å². The lowest BCUT2D eigenvalue weighted by atomic mass is 10.1. The number of ether oxygens (including phenoxy) is 1. The van der Waals surface area contributed by atoms with E-state index in [-0.39, 0.29) is 12.2 Å². The Morgan fingerprint density at radius 1 is 1.14 bits per heavy atom. The number of ketones is 1. The molecule has 2 rings (SSSR count). The van der Waals surface area contributed by atoms with Crippen LogP contribution in [0.15, 0.2) is 53.6 Å². The average molecular weight is 408 g/mol. The van der Waals surface area contributed by atoms with E-state index in [9.17, 15) is 9.59 Å². The molecule has 0 unspecified atom stereocenters. The highest BCUT2D eigenvalue weighted by Gasteiger charge is 2.12. The molecule has 0 heterocycles. The maximum absolute atomic E-state index is 12.1. The molecule has 112 valence electrons. The number of benzene rings is 2. The maximum atomic E-state index is 12.1. The molecule has 0 aliphatic carbocycles. The molecule has 0 bridgehead atoms. The van der Waals surface area contributed by atoms with Gasteiger partial charge in [0, 0.05) is 21.8 Å². The number of hydrazone groups is 1. The lowest BCUT2D eigenvalue weighted by Gasteiger charge is -2.06. The SMILES string of the molecule is N/N=C/CC(=O)c1ccc(OC(=O)c2ccccc2I)cc1. The number of rotatable bonds is 5. The van der Waals surface area contributed by atoms with Gasteiger partial charge in [-0.05, 0) is 59.0 Å². The Balaban J connectivity index is 2.07. The Morgan fingerprint density at radius 3 is 2.45 bits per heavy atom. The van der Waals surface area contributed by atoms with Gasteiger partial charge in [-0.1, -0.05) is 12.1 Å². The summed E-state index contributed by atoms with van der Waals surface area (Å²) in [6.45, 7) is 0. The molecule has 2 aromatic carbocycles.